The number of hydrazine groups is 1. The van der Waals surface area contributed by atoms with Gasteiger partial charge in [-0.25, -0.2) is 19.9 Å². The third-order valence-corrected chi connectivity index (χ3v) is 10.6. The van der Waals surface area contributed by atoms with Crippen LogP contribution in [-0.2, 0) is 59.4 Å². The minimum atomic E-state index is -1.33. The lowest BCUT2D eigenvalue weighted by atomic mass is 10.0. The molecule has 0 aliphatic rings. The number of alkyl carbamates (subject to hydrolysis) is 1. The van der Waals surface area contributed by atoms with Gasteiger partial charge >= 0.3 is 6.09 Å². The third-order valence-electron chi connectivity index (χ3n) is 10.6. The topological polar surface area (TPSA) is 341 Å². The zero-order chi connectivity index (χ0) is 51.7. The van der Waals surface area contributed by atoms with Gasteiger partial charge < -0.3 is 53.2 Å². The van der Waals surface area contributed by atoms with Gasteiger partial charge in [0.15, 0.2) is 5.03 Å². The highest BCUT2D eigenvalue weighted by molar-refractivity contribution is 5.96. The predicted molar refractivity (Wildman–Crippen MR) is 261 cm³/mol. The number of carbonyl (C=O) groups is 7. The van der Waals surface area contributed by atoms with Crippen LogP contribution in [0.15, 0.2) is 120 Å². The molecule has 0 aliphatic heterocycles. The molecule has 0 heterocycles. The summed E-state index contributed by atoms with van der Waals surface area (Å²) < 4.78 is 5.32. The Labute approximate surface area is 410 Å². The van der Waals surface area contributed by atoms with Crippen molar-refractivity contribution in [2.45, 2.75) is 89.2 Å². The fourth-order valence-corrected chi connectivity index (χ4v) is 7.06. The average Bonchev–Trinajstić information content (AvgIpc) is 3.33. The SMILES string of the molecule is CC(C)C[C@H](NC(=O)OCc1ccccc1)C(=O)N[C@@H](CCCN=C(N)N[N+](=O)[O-])C(=O)NCC(=O)N[C@@H](Cc1ccccc1)C(=O)N[C@@H](Cc1ccccc1)C(=O)N[C@@H](Cc1ccc(O)cc1)C(N)=O. The molecule has 5 atom stereocenters. The molecule has 22 nitrogen and oxygen atoms in total. The summed E-state index contributed by atoms with van der Waals surface area (Å²) in [6.07, 6.45) is -0.846. The number of hydrogen-bond donors (Lipinski definition) is 10. The lowest BCUT2D eigenvalue weighted by Gasteiger charge is -2.25. The van der Waals surface area contributed by atoms with E-state index in [0.717, 1.165) is 0 Å². The van der Waals surface area contributed by atoms with Crippen LogP contribution in [0.5, 0.6) is 5.75 Å². The predicted octanol–water partition coefficient (Wildman–Crippen LogP) is 1.18. The number of ether oxygens (including phenoxy) is 1. The van der Waals surface area contributed by atoms with E-state index in [2.05, 4.69) is 36.9 Å². The number of aliphatic imine (C=N–C) groups is 1. The van der Waals surface area contributed by atoms with Crippen molar-refractivity contribution in [1.29, 1.82) is 0 Å². The molecule has 0 bridgehead atoms. The molecule has 0 spiro atoms. The Morgan fingerprint density at radius 1 is 0.620 bits per heavy atom. The monoisotopic (exact) mass is 979 g/mol. The highest BCUT2D eigenvalue weighted by Crippen LogP contribution is 2.13. The van der Waals surface area contributed by atoms with Crippen molar-refractivity contribution < 1.29 is 48.4 Å². The van der Waals surface area contributed by atoms with Gasteiger partial charge in [-0.1, -0.05) is 122 Å². The van der Waals surface area contributed by atoms with Gasteiger partial charge in [-0.05, 0) is 59.6 Å². The minimum Gasteiger partial charge on any atom is -0.508 e. The number of guanidine groups is 1. The normalized spacial score (nSPS) is 13.2. The Morgan fingerprint density at radius 3 is 1.63 bits per heavy atom. The second kappa shape index (κ2) is 28.7. The number of phenolic OH excluding ortho intramolecular Hbond substituents is 1. The summed E-state index contributed by atoms with van der Waals surface area (Å²) in [4.78, 5) is 109. The van der Waals surface area contributed by atoms with E-state index < -0.39 is 89.3 Å². The summed E-state index contributed by atoms with van der Waals surface area (Å²) in [5.74, 6) is -5.35. The number of nitrogens with two attached hydrogens (primary N) is 2. The van der Waals surface area contributed by atoms with Crippen molar-refractivity contribution in [3.8, 4) is 5.75 Å². The molecule has 0 saturated carbocycles. The van der Waals surface area contributed by atoms with Gasteiger partial charge in [0.1, 0.15) is 42.6 Å². The van der Waals surface area contributed by atoms with E-state index in [1.165, 1.54) is 12.1 Å². The van der Waals surface area contributed by atoms with Crippen LogP contribution in [0.3, 0.4) is 0 Å². The van der Waals surface area contributed by atoms with Crippen molar-refractivity contribution in [2.24, 2.45) is 22.4 Å². The van der Waals surface area contributed by atoms with Crippen LogP contribution in [0.4, 0.5) is 4.79 Å². The summed E-state index contributed by atoms with van der Waals surface area (Å²) in [5, 5.41) is 35.2. The van der Waals surface area contributed by atoms with Crippen molar-refractivity contribution in [1.82, 2.24) is 37.3 Å². The lowest BCUT2D eigenvalue weighted by Crippen LogP contribution is -2.58. The quantitative estimate of drug-likeness (QED) is 0.0132. The Balaban J connectivity index is 1.50. The number of nitro groups is 1. The molecule has 22 heteroatoms. The van der Waals surface area contributed by atoms with E-state index in [-0.39, 0.29) is 63.3 Å². The maximum atomic E-state index is 14.2. The van der Waals surface area contributed by atoms with E-state index in [9.17, 15) is 48.8 Å². The van der Waals surface area contributed by atoms with Gasteiger partial charge in [-0.2, -0.15) is 0 Å². The molecule has 4 aromatic rings. The van der Waals surface area contributed by atoms with Gasteiger partial charge in [0, 0.05) is 25.8 Å². The smallest absolute Gasteiger partial charge is 0.408 e. The van der Waals surface area contributed by atoms with Gasteiger partial charge in [0.2, 0.25) is 35.4 Å². The number of benzene rings is 4. The molecule has 0 saturated heterocycles. The van der Waals surface area contributed by atoms with Crippen molar-refractivity contribution in [3.63, 3.8) is 0 Å². The van der Waals surface area contributed by atoms with Gasteiger partial charge in [0.05, 0.1) is 6.54 Å². The fourth-order valence-electron chi connectivity index (χ4n) is 7.06. The van der Waals surface area contributed by atoms with Crippen molar-refractivity contribution >= 4 is 47.5 Å². The number of rotatable bonds is 27. The van der Waals surface area contributed by atoms with Crippen LogP contribution in [0.2, 0.25) is 0 Å². The molecule has 7 amide bonds. The van der Waals surface area contributed by atoms with Gasteiger partial charge in [0.25, 0.3) is 5.96 Å². The van der Waals surface area contributed by atoms with E-state index in [1.807, 2.05) is 13.8 Å². The summed E-state index contributed by atoms with van der Waals surface area (Å²) in [6.45, 7) is 2.79. The maximum absolute atomic E-state index is 14.2. The Bertz CT molecular complexity index is 2430. The lowest BCUT2D eigenvalue weighted by molar-refractivity contribution is -0.525. The van der Waals surface area contributed by atoms with E-state index in [0.29, 0.717) is 22.3 Å². The number of phenols is 1. The second-order valence-corrected chi connectivity index (χ2v) is 16.8. The average molecular weight is 980 g/mol. The van der Waals surface area contributed by atoms with Crippen LogP contribution < -0.4 is 48.8 Å². The molecule has 71 heavy (non-hydrogen) atoms. The molecule has 0 unspecified atom stereocenters. The molecule has 378 valence electrons. The number of nitrogens with zero attached hydrogens (tertiary/aromatic N) is 2. The summed E-state index contributed by atoms with van der Waals surface area (Å²) >= 11 is 0. The molecule has 0 aliphatic carbocycles. The molecular weight excluding hydrogens is 919 g/mol. The summed E-state index contributed by atoms with van der Waals surface area (Å²) in [6, 6.07) is 26.0. The molecule has 12 N–H and O–H groups in total. The number of nitrogens with one attached hydrogen (secondary N) is 7. The van der Waals surface area contributed by atoms with Gasteiger partial charge in [-0.15, -0.1) is 0 Å². The van der Waals surface area contributed by atoms with E-state index >= 15 is 0 Å². The van der Waals surface area contributed by atoms with Gasteiger partial charge in [-0.3, -0.25) is 28.8 Å². The zero-order valence-corrected chi connectivity index (χ0v) is 39.4. The summed E-state index contributed by atoms with van der Waals surface area (Å²) in [5.41, 5.74) is 15.5. The first-order valence-corrected chi connectivity index (χ1v) is 22.8. The first-order valence-electron chi connectivity index (χ1n) is 22.8. The Hall–Kier alpha value is -8.56. The Morgan fingerprint density at radius 2 is 1.10 bits per heavy atom. The molecule has 0 fully saturated rings. The number of aromatic hydroxyl groups is 1. The van der Waals surface area contributed by atoms with E-state index in [1.54, 1.807) is 109 Å². The van der Waals surface area contributed by atoms with Crippen LogP contribution in [0.25, 0.3) is 0 Å². The number of amides is 7. The first-order chi connectivity index (χ1) is 33.9. The van der Waals surface area contributed by atoms with Crippen molar-refractivity contribution in [3.05, 3.63) is 148 Å². The third kappa shape index (κ3) is 20.7. The standard InChI is InChI=1S/C49H61N11O11/c1-31(2)25-39(58-49(68)71-30-35-17-10-5-11-18-35)45(65)55-37(19-12-24-52-48(51)59-60(69)70)44(64)53-29-42(62)54-40(27-32-13-6-3-7-14-32)46(66)57-41(28-33-15-8-4-9-16-33)47(67)56-38(43(50)63)26-34-20-22-36(61)23-21-34/h3-11,13-18,20-23,31,37-41,61H,12,19,24-30H2,1-2H3,(H2,50,63)(H,53,64)(H,54,62)(H,55,65)(H,56,67)(H,57,66)(H,58,68)(H3,51,52,59)/t37-,38-,39-,40-,41-/m0/s1. The molecule has 4 aromatic carbocycles. The number of carbonyl (C=O) groups excluding carboxylic acids is 7. The number of primary amides is 1. The second-order valence-electron chi connectivity index (χ2n) is 16.8. The minimum absolute atomic E-state index is 0.00282. The largest absolute Gasteiger partial charge is 0.508 e. The van der Waals surface area contributed by atoms with Crippen LogP contribution in [0.1, 0.15) is 55.4 Å². The molecular formula is C49H61N11O11. The van der Waals surface area contributed by atoms with E-state index in [4.69, 9.17) is 16.2 Å². The summed E-state index contributed by atoms with van der Waals surface area (Å²) in [7, 11) is 0. The highest BCUT2D eigenvalue weighted by atomic mass is 16.7. The maximum Gasteiger partial charge on any atom is 0.408 e. The molecule has 0 aromatic heterocycles. The van der Waals surface area contributed by atoms with Crippen molar-refractivity contribution in [2.75, 3.05) is 13.1 Å². The first kappa shape index (κ1) is 55.0. The molecule has 4 rings (SSSR count). The highest BCUT2D eigenvalue weighted by Gasteiger charge is 2.31. The zero-order valence-electron chi connectivity index (χ0n) is 39.4. The number of hydrogen-bond acceptors (Lipinski definition) is 12. The molecule has 0 radical (unpaired) electrons. The van der Waals surface area contributed by atoms with Crippen LogP contribution in [0, 0.1) is 16.0 Å². The Kier molecular flexibility index (Phi) is 22.2. The van der Waals surface area contributed by atoms with Crippen LogP contribution in [-0.4, -0.2) is 101 Å². The fraction of sp³-hybridized carbons (Fsp3) is 0.347. The van der Waals surface area contributed by atoms with Crippen LogP contribution >= 0.6 is 0 Å².